The molecule has 0 unspecified atom stereocenters. The van der Waals surface area contributed by atoms with Crippen LogP contribution in [0.25, 0.3) is 0 Å². The number of nitrogens with zero attached hydrogens (tertiary/aromatic N) is 2. The number of hydrogen-bond donors (Lipinski definition) is 1. The molecule has 2 rings (SSSR count). The number of methoxy groups -OCH3 is 1. The maximum Gasteiger partial charge on any atom is 0.336 e. The van der Waals surface area contributed by atoms with E-state index in [1.807, 2.05) is 6.92 Å². The van der Waals surface area contributed by atoms with Crippen LogP contribution in [-0.4, -0.2) is 28.4 Å². The smallest absolute Gasteiger partial charge is 0.336 e. The highest BCUT2D eigenvalue weighted by molar-refractivity contribution is 8.01. The largest absolute Gasteiger partial charge is 0.497 e. The summed E-state index contributed by atoms with van der Waals surface area (Å²) in [5, 5.41) is 17.8. The highest BCUT2D eigenvalue weighted by Gasteiger charge is 2.14. The van der Waals surface area contributed by atoms with Gasteiger partial charge < -0.3 is 9.84 Å². The lowest BCUT2D eigenvalue weighted by Gasteiger charge is -2.06. The molecule has 0 atom stereocenters. The zero-order valence-corrected chi connectivity index (χ0v) is 11.3. The molecule has 0 radical (unpaired) electrons. The van der Waals surface area contributed by atoms with Gasteiger partial charge in [0, 0.05) is 4.90 Å². The molecule has 94 valence electrons. The molecule has 7 heteroatoms. The first-order valence-electron chi connectivity index (χ1n) is 4.99. The maximum absolute atomic E-state index is 11.1. The van der Waals surface area contributed by atoms with Gasteiger partial charge in [-0.3, -0.25) is 0 Å². The molecular weight excluding hydrogens is 272 g/mol. The summed E-state index contributed by atoms with van der Waals surface area (Å²) in [6.07, 6.45) is 0. The number of aryl methyl sites for hydroxylation is 1. The van der Waals surface area contributed by atoms with Crippen LogP contribution >= 0.6 is 23.1 Å². The third-order valence-corrected chi connectivity index (χ3v) is 4.07. The van der Waals surface area contributed by atoms with Crippen molar-refractivity contribution in [1.29, 1.82) is 0 Å². The van der Waals surface area contributed by atoms with Crippen molar-refractivity contribution in [2.24, 2.45) is 0 Å². The van der Waals surface area contributed by atoms with Gasteiger partial charge in [0.15, 0.2) is 4.34 Å². The summed E-state index contributed by atoms with van der Waals surface area (Å²) in [4.78, 5) is 11.7. The van der Waals surface area contributed by atoms with Gasteiger partial charge in [-0.25, -0.2) is 4.79 Å². The van der Waals surface area contributed by atoms with E-state index in [4.69, 9.17) is 9.84 Å². The molecule has 0 aliphatic rings. The van der Waals surface area contributed by atoms with E-state index in [0.717, 1.165) is 5.01 Å². The highest BCUT2D eigenvalue weighted by atomic mass is 32.2. The fourth-order valence-electron chi connectivity index (χ4n) is 1.30. The number of hydrogen-bond acceptors (Lipinski definition) is 6. The van der Waals surface area contributed by atoms with Gasteiger partial charge in [0.1, 0.15) is 10.8 Å². The minimum Gasteiger partial charge on any atom is -0.497 e. The topological polar surface area (TPSA) is 72.3 Å². The van der Waals surface area contributed by atoms with Crippen LogP contribution in [0.3, 0.4) is 0 Å². The fraction of sp³-hybridized carbons (Fsp3) is 0.182. The van der Waals surface area contributed by atoms with Crippen molar-refractivity contribution < 1.29 is 14.6 Å². The molecule has 0 fully saturated rings. The van der Waals surface area contributed by atoms with Crippen LogP contribution in [0.15, 0.2) is 27.4 Å². The van der Waals surface area contributed by atoms with Crippen molar-refractivity contribution in [3.63, 3.8) is 0 Å². The van der Waals surface area contributed by atoms with Crippen LogP contribution < -0.4 is 4.74 Å². The predicted molar refractivity (Wildman–Crippen MR) is 68.7 cm³/mol. The van der Waals surface area contributed by atoms with Gasteiger partial charge >= 0.3 is 5.97 Å². The van der Waals surface area contributed by atoms with Gasteiger partial charge in [0.05, 0.1) is 12.7 Å². The van der Waals surface area contributed by atoms with Crippen LogP contribution in [0.5, 0.6) is 5.75 Å². The van der Waals surface area contributed by atoms with Crippen molar-refractivity contribution in [3.8, 4) is 5.75 Å². The summed E-state index contributed by atoms with van der Waals surface area (Å²) < 4.78 is 5.80. The molecule has 0 saturated carbocycles. The van der Waals surface area contributed by atoms with Gasteiger partial charge in [-0.05, 0) is 25.1 Å². The molecule has 0 aliphatic heterocycles. The molecule has 2 aromatic rings. The molecule has 1 N–H and O–H groups in total. The summed E-state index contributed by atoms with van der Waals surface area (Å²) >= 11 is 2.70. The number of carbonyl (C=O) groups is 1. The second-order valence-corrected chi connectivity index (χ2v) is 5.83. The predicted octanol–water partition coefficient (Wildman–Crippen LogP) is 2.70. The zero-order valence-electron chi connectivity index (χ0n) is 9.71. The highest BCUT2D eigenvalue weighted by Crippen LogP contribution is 2.34. The van der Waals surface area contributed by atoms with Crippen LogP contribution in [0.1, 0.15) is 15.4 Å². The van der Waals surface area contributed by atoms with Crippen LogP contribution in [0.4, 0.5) is 0 Å². The normalized spacial score (nSPS) is 10.3. The van der Waals surface area contributed by atoms with E-state index in [0.29, 0.717) is 15.0 Å². The molecule has 0 amide bonds. The van der Waals surface area contributed by atoms with Crippen molar-refractivity contribution in [2.45, 2.75) is 16.2 Å². The van der Waals surface area contributed by atoms with E-state index in [2.05, 4.69) is 10.2 Å². The lowest BCUT2D eigenvalue weighted by molar-refractivity contribution is 0.0693. The second-order valence-electron chi connectivity index (χ2n) is 3.36. The zero-order chi connectivity index (χ0) is 13.1. The molecule has 0 spiro atoms. The van der Waals surface area contributed by atoms with Crippen LogP contribution in [0.2, 0.25) is 0 Å². The maximum atomic E-state index is 11.1. The molecule has 1 heterocycles. The number of aromatic carboxylic acids is 1. The Morgan fingerprint density at radius 2 is 2.22 bits per heavy atom. The SMILES string of the molecule is COc1ccc(C(=O)O)c(Sc2nnc(C)s2)c1. The lowest BCUT2D eigenvalue weighted by Crippen LogP contribution is -1.99. The number of ether oxygens (including phenoxy) is 1. The first kappa shape index (κ1) is 12.8. The molecule has 0 aliphatic carbocycles. The van der Waals surface area contributed by atoms with Gasteiger partial charge in [0.2, 0.25) is 0 Å². The Morgan fingerprint density at radius 1 is 1.44 bits per heavy atom. The summed E-state index contributed by atoms with van der Waals surface area (Å²) in [5.41, 5.74) is 0.230. The average Bonchev–Trinajstić information content (AvgIpc) is 2.74. The quantitative estimate of drug-likeness (QED) is 0.929. The van der Waals surface area contributed by atoms with Crippen molar-refractivity contribution in [1.82, 2.24) is 10.2 Å². The van der Waals surface area contributed by atoms with E-state index in [1.54, 1.807) is 19.2 Å². The van der Waals surface area contributed by atoms with E-state index in [-0.39, 0.29) is 5.56 Å². The van der Waals surface area contributed by atoms with E-state index < -0.39 is 5.97 Å². The van der Waals surface area contributed by atoms with Crippen LogP contribution in [0, 0.1) is 6.92 Å². The van der Waals surface area contributed by atoms with Crippen molar-refractivity contribution >= 4 is 29.1 Å². The Labute approximate surface area is 112 Å². The van der Waals surface area contributed by atoms with Gasteiger partial charge in [-0.2, -0.15) is 0 Å². The fourth-order valence-corrected chi connectivity index (χ4v) is 3.23. The monoisotopic (exact) mass is 282 g/mol. The third kappa shape index (κ3) is 2.80. The van der Waals surface area contributed by atoms with Gasteiger partial charge in [-0.1, -0.05) is 23.1 Å². The Hall–Kier alpha value is -1.60. The molecule has 18 heavy (non-hydrogen) atoms. The molecule has 0 bridgehead atoms. The first-order valence-corrected chi connectivity index (χ1v) is 6.62. The molecule has 1 aromatic carbocycles. The summed E-state index contributed by atoms with van der Waals surface area (Å²) in [6, 6.07) is 4.83. The average molecular weight is 282 g/mol. The standard InChI is InChI=1S/C11H10N2O3S2/c1-6-12-13-11(17-6)18-9-5-7(16-2)3-4-8(9)10(14)15/h3-5H,1-2H3,(H,14,15). The number of carboxylic acid groups (broad SMARTS) is 1. The van der Waals surface area contributed by atoms with Crippen molar-refractivity contribution in [3.05, 3.63) is 28.8 Å². The van der Waals surface area contributed by atoms with Gasteiger partial charge in [0.25, 0.3) is 0 Å². The molecular formula is C11H10N2O3S2. The number of aromatic nitrogens is 2. The lowest BCUT2D eigenvalue weighted by atomic mass is 10.2. The Bertz CT molecular complexity index is 583. The van der Waals surface area contributed by atoms with Crippen LogP contribution in [-0.2, 0) is 0 Å². The van der Waals surface area contributed by atoms with Gasteiger partial charge in [-0.15, -0.1) is 10.2 Å². The van der Waals surface area contributed by atoms with E-state index >= 15 is 0 Å². The van der Waals surface area contributed by atoms with Crippen molar-refractivity contribution in [2.75, 3.05) is 7.11 Å². The minimum absolute atomic E-state index is 0.230. The Balaban J connectivity index is 2.37. The number of rotatable bonds is 4. The van der Waals surface area contributed by atoms with E-state index in [1.165, 1.54) is 29.2 Å². The van der Waals surface area contributed by atoms with E-state index in [9.17, 15) is 4.79 Å². The molecule has 0 saturated heterocycles. The summed E-state index contributed by atoms with van der Waals surface area (Å²) in [7, 11) is 1.54. The summed E-state index contributed by atoms with van der Waals surface area (Å²) in [5.74, 6) is -0.356. The number of carboxylic acids is 1. The molecule has 1 aromatic heterocycles. The Kier molecular flexibility index (Phi) is 3.83. The third-order valence-electron chi connectivity index (χ3n) is 2.12. The molecule has 5 nitrogen and oxygen atoms in total. The second kappa shape index (κ2) is 5.36. The number of benzene rings is 1. The Morgan fingerprint density at radius 3 is 2.78 bits per heavy atom. The minimum atomic E-state index is -0.971. The first-order chi connectivity index (χ1) is 8.60. The summed E-state index contributed by atoms with van der Waals surface area (Å²) in [6.45, 7) is 1.85.